The highest BCUT2D eigenvalue weighted by atomic mass is 16.5. The van der Waals surface area contributed by atoms with Gasteiger partial charge < -0.3 is 19.0 Å². The summed E-state index contributed by atoms with van der Waals surface area (Å²) in [4.78, 5) is 16.2. The van der Waals surface area contributed by atoms with E-state index in [0.717, 1.165) is 34.8 Å². The van der Waals surface area contributed by atoms with Crippen molar-refractivity contribution >= 4 is 5.91 Å². The zero-order chi connectivity index (χ0) is 17.4. The van der Waals surface area contributed by atoms with E-state index in [9.17, 15) is 4.79 Å². The number of rotatable bonds is 4. The summed E-state index contributed by atoms with van der Waals surface area (Å²) in [5.41, 5.74) is 3.17. The predicted molar refractivity (Wildman–Crippen MR) is 88.3 cm³/mol. The molecule has 128 valence electrons. The van der Waals surface area contributed by atoms with Crippen LogP contribution in [0.2, 0.25) is 0 Å². The Morgan fingerprint density at radius 1 is 1.36 bits per heavy atom. The molecule has 0 aliphatic carbocycles. The number of nitrogens with one attached hydrogen (secondary N) is 1. The van der Waals surface area contributed by atoms with Crippen molar-refractivity contribution < 1.29 is 18.5 Å². The Kier molecular flexibility index (Phi) is 3.76. The van der Waals surface area contributed by atoms with Crippen LogP contribution in [-0.4, -0.2) is 22.7 Å². The van der Waals surface area contributed by atoms with E-state index in [1.54, 1.807) is 6.92 Å². The molecule has 2 aromatic heterocycles. The molecule has 1 aromatic carbocycles. The van der Waals surface area contributed by atoms with Crippen molar-refractivity contribution in [3.05, 3.63) is 53.4 Å². The molecular formula is C18H17N3O4. The highest BCUT2D eigenvalue weighted by Crippen LogP contribution is 2.36. The Morgan fingerprint density at radius 2 is 2.24 bits per heavy atom. The third-order valence-corrected chi connectivity index (χ3v) is 4.25. The zero-order valence-corrected chi connectivity index (χ0v) is 13.9. The highest BCUT2D eigenvalue weighted by molar-refractivity contribution is 5.92. The van der Waals surface area contributed by atoms with Crippen molar-refractivity contribution in [2.45, 2.75) is 26.3 Å². The Balaban J connectivity index is 1.55. The molecule has 1 aliphatic rings. The van der Waals surface area contributed by atoms with Gasteiger partial charge in [0.25, 0.3) is 5.91 Å². The van der Waals surface area contributed by atoms with Crippen molar-refractivity contribution in [2.75, 3.05) is 6.61 Å². The molecule has 0 saturated heterocycles. The van der Waals surface area contributed by atoms with Gasteiger partial charge in [-0.1, -0.05) is 24.2 Å². The second-order valence-electron chi connectivity index (χ2n) is 5.89. The topological polar surface area (TPSA) is 90.4 Å². The van der Waals surface area contributed by atoms with Crippen LogP contribution in [0, 0.1) is 6.92 Å². The molecular weight excluding hydrogens is 322 g/mol. The lowest BCUT2D eigenvalue weighted by atomic mass is 10.0. The van der Waals surface area contributed by atoms with E-state index in [-0.39, 0.29) is 17.7 Å². The molecule has 4 rings (SSSR count). The number of hydrogen-bond acceptors (Lipinski definition) is 6. The highest BCUT2D eigenvalue weighted by Gasteiger charge is 2.28. The van der Waals surface area contributed by atoms with Crippen LogP contribution in [0.3, 0.4) is 0 Å². The molecule has 0 bridgehead atoms. The SMILES string of the molecule is CCc1cc(-c2ccc3c(c2)OC[C@H]3NC(=O)c2ocnc2C)no1. The Hall–Kier alpha value is -3.09. The minimum Gasteiger partial charge on any atom is -0.491 e. The van der Waals surface area contributed by atoms with E-state index in [2.05, 4.69) is 15.5 Å². The Bertz CT molecular complexity index is 928. The summed E-state index contributed by atoms with van der Waals surface area (Å²) in [6.45, 7) is 4.11. The van der Waals surface area contributed by atoms with Crippen molar-refractivity contribution in [1.82, 2.24) is 15.5 Å². The maximum absolute atomic E-state index is 12.3. The van der Waals surface area contributed by atoms with Gasteiger partial charge in [-0.05, 0) is 13.0 Å². The number of fused-ring (bicyclic) bond motifs is 1. The van der Waals surface area contributed by atoms with Crippen molar-refractivity contribution in [2.24, 2.45) is 0 Å². The first kappa shape index (κ1) is 15.4. The number of carbonyl (C=O) groups excluding carboxylic acids is 1. The van der Waals surface area contributed by atoms with E-state index in [0.29, 0.717) is 12.3 Å². The smallest absolute Gasteiger partial charge is 0.289 e. The maximum atomic E-state index is 12.3. The normalized spacial score (nSPS) is 15.7. The molecule has 7 nitrogen and oxygen atoms in total. The number of oxazole rings is 1. The third-order valence-electron chi connectivity index (χ3n) is 4.25. The van der Waals surface area contributed by atoms with Crippen LogP contribution < -0.4 is 10.1 Å². The number of ether oxygens (including phenoxy) is 1. The van der Waals surface area contributed by atoms with Gasteiger partial charge in [-0.2, -0.15) is 0 Å². The van der Waals surface area contributed by atoms with Gasteiger partial charge >= 0.3 is 0 Å². The van der Waals surface area contributed by atoms with Gasteiger partial charge in [0.05, 0.1) is 11.7 Å². The Morgan fingerprint density at radius 3 is 2.96 bits per heavy atom. The number of aryl methyl sites for hydroxylation is 2. The van der Waals surface area contributed by atoms with Gasteiger partial charge in [-0.25, -0.2) is 4.98 Å². The first-order valence-electron chi connectivity index (χ1n) is 8.09. The van der Waals surface area contributed by atoms with Gasteiger partial charge in [0, 0.05) is 23.6 Å². The minimum atomic E-state index is -0.301. The number of aromatic nitrogens is 2. The van der Waals surface area contributed by atoms with Gasteiger partial charge in [-0.3, -0.25) is 4.79 Å². The molecule has 7 heteroatoms. The quantitative estimate of drug-likeness (QED) is 0.785. The third kappa shape index (κ3) is 2.77. The lowest BCUT2D eigenvalue weighted by Crippen LogP contribution is -2.29. The van der Waals surface area contributed by atoms with Crippen LogP contribution >= 0.6 is 0 Å². The van der Waals surface area contributed by atoms with E-state index in [1.807, 2.05) is 31.2 Å². The van der Waals surface area contributed by atoms with Crippen LogP contribution in [0.4, 0.5) is 0 Å². The standard InChI is InChI=1S/C18H17N3O4/c1-3-12-7-14(21-25-12)11-4-5-13-15(8-23-16(13)6-11)20-18(22)17-10(2)19-9-24-17/h4-7,9,15H,3,8H2,1-2H3,(H,20,22)/t15-/m1/s1. The van der Waals surface area contributed by atoms with Crippen LogP contribution in [0.15, 0.2) is 39.6 Å². The molecule has 0 saturated carbocycles. The summed E-state index contributed by atoms with van der Waals surface area (Å²) in [5.74, 6) is 1.49. The lowest BCUT2D eigenvalue weighted by molar-refractivity contribution is 0.0901. The van der Waals surface area contributed by atoms with E-state index >= 15 is 0 Å². The molecule has 0 unspecified atom stereocenters. The molecule has 1 amide bonds. The van der Waals surface area contributed by atoms with Crippen molar-refractivity contribution in [3.63, 3.8) is 0 Å². The largest absolute Gasteiger partial charge is 0.491 e. The summed E-state index contributed by atoms with van der Waals surface area (Å²) >= 11 is 0. The van der Waals surface area contributed by atoms with Crippen LogP contribution in [0.25, 0.3) is 11.3 Å². The lowest BCUT2D eigenvalue weighted by Gasteiger charge is -2.10. The van der Waals surface area contributed by atoms with Crippen molar-refractivity contribution in [1.29, 1.82) is 0 Å². The zero-order valence-electron chi connectivity index (χ0n) is 13.9. The molecule has 3 heterocycles. The fourth-order valence-corrected chi connectivity index (χ4v) is 2.85. The number of hydrogen-bond donors (Lipinski definition) is 1. The summed E-state index contributed by atoms with van der Waals surface area (Å²) in [6.07, 6.45) is 2.06. The van der Waals surface area contributed by atoms with E-state index < -0.39 is 0 Å². The summed E-state index contributed by atoms with van der Waals surface area (Å²) < 4.78 is 16.1. The average Bonchev–Trinajstić information content (AvgIpc) is 3.34. The van der Waals surface area contributed by atoms with Gasteiger partial charge in [0.1, 0.15) is 23.8 Å². The monoisotopic (exact) mass is 339 g/mol. The molecule has 0 spiro atoms. The average molecular weight is 339 g/mol. The summed E-state index contributed by atoms with van der Waals surface area (Å²) in [6, 6.07) is 7.49. The molecule has 1 aliphatic heterocycles. The second-order valence-corrected chi connectivity index (χ2v) is 5.89. The van der Waals surface area contributed by atoms with Crippen LogP contribution in [0.5, 0.6) is 5.75 Å². The predicted octanol–water partition coefficient (Wildman–Crippen LogP) is 3.06. The van der Waals surface area contributed by atoms with Crippen LogP contribution in [0.1, 0.15) is 40.5 Å². The minimum absolute atomic E-state index is 0.222. The number of amides is 1. The van der Waals surface area contributed by atoms with E-state index in [1.165, 1.54) is 6.39 Å². The first-order valence-corrected chi connectivity index (χ1v) is 8.09. The Labute approximate surface area is 144 Å². The molecule has 0 fully saturated rings. The maximum Gasteiger partial charge on any atom is 0.289 e. The summed E-state index contributed by atoms with van der Waals surface area (Å²) in [7, 11) is 0. The van der Waals surface area contributed by atoms with Gasteiger partial charge in [-0.15, -0.1) is 0 Å². The summed E-state index contributed by atoms with van der Waals surface area (Å²) in [5, 5.41) is 6.99. The number of carbonyl (C=O) groups is 1. The molecule has 25 heavy (non-hydrogen) atoms. The number of benzene rings is 1. The fraction of sp³-hybridized carbons (Fsp3) is 0.278. The molecule has 1 N–H and O–H groups in total. The first-order chi connectivity index (χ1) is 12.2. The van der Waals surface area contributed by atoms with Crippen LogP contribution in [-0.2, 0) is 6.42 Å². The second kappa shape index (κ2) is 6.08. The molecule has 3 aromatic rings. The van der Waals surface area contributed by atoms with E-state index in [4.69, 9.17) is 13.7 Å². The van der Waals surface area contributed by atoms with Gasteiger partial charge in [0.15, 0.2) is 6.39 Å². The fourth-order valence-electron chi connectivity index (χ4n) is 2.85. The van der Waals surface area contributed by atoms with Gasteiger partial charge in [0.2, 0.25) is 5.76 Å². The molecule has 0 radical (unpaired) electrons. The molecule has 1 atom stereocenters. The van der Waals surface area contributed by atoms with Crippen molar-refractivity contribution in [3.8, 4) is 17.0 Å². The number of nitrogens with zero attached hydrogens (tertiary/aromatic N) is 2.